The third-order valence-corrected chi connectivity index (χ3v) is 5.81. The molecule has 1 atom stereocenters. The van der Waals surface area contributed by atoms with Crippen LogP contribution < -0.4 is 5.32 Å². The molecule has 0 unspecified atom stereocenters. The molecule has 11 heteroatoms. The molecule has 32 heavy (non-hydrogen) atoms. The number of nitrogens with one attached hydrogen (secondary N) is 1. The van der Waals surface area contributed by atoms with Gasteiger partial charge in [-0.05, 0) is 26.8 Å². The van der Waals surface area contributed by atoms with E-state index in [1.165, 1.54) is 0 Å². The first-order valence-electron chi connectivity index (χ1n) is 9.35. The van der Waals surface area contributed by atoms with Crippen LogP contribution in [0.15, 0.2) is 28.7 Å². The van der Waals surface area contributed by atoms with Crippen molar-refractivity contribution < 1.29 is 35.5 Å². The average Bonchev–Trinajstić information content (AvgIpc) is 3.06. The smallest absolute Gasteiger partial charge is 0.302 e. The zero-order valence-corrected chi connectivity index (χ0v) is 17.8. The lowest BCUT2D eigenvalue weighted by Crippen LogP contribution is -2.62. The van der Waals surface area contributed by atoms with Crippen LogP contribution in [0.5, 0.6) is 0 Å². The molecule has 3 aromatic rings. The van der Waals surface area contributed by atoms with E-state index in [1.807, 2.05) is 0 Å². The number of alkyl halides is 2. The minimum Gasteiger partial charge on any atom is -0.436 e. The lowest BCUT2D eigenvalue weighted by atomic mass is 9.77. The van der Waals surface area contributed by atoms with Crippen LogP contribution in [0.25, 0.3) is 22.6 Å². The number of benzene rings is 2. The Bertz CT molecular complexity index is 1220. The van der Waals surface area contributed by atoms with Gasteiger partial charge in [-0.3, -0.25) is 0 Å². The normalized spacial score (nSPS) is 22.6. The van der Waals surface area contributed by atoms with Crippen molar-refractivity contribution >= 4 is 28.3 Å². The highest BCUT2D eigenvalue weighted by Crippen LogP contribution is 2.49. The first kappa shape index (κ1) is 22.5. The molecule has 0 amide bonds. The minimum atomic E-state index is -3.73. The Balaban J connectivity index is 1.93. The number of nitrogens with zero attached hydrogens (tertiary/aromatic N) is 1. The van der Waals surface area contributed by atoms with Gasteiger partial charge in [0.05, 0.1) is 12.2 Å². The lowest BCUT2D eigenvalue weighted by Gasteiger charge is -2.44. The van der Waals surface area contributed by atoms with Gasteiger partial charge in [-0.15, -0.1) is 0 Å². The van der Waals surface area contributed by atoms with Crippen molar-refractivity contribution in [2.75, 3.05) is 6.61 Å². The molecule has 2 heterocycles. The summed E-state index contributed by atoms with van der Waals surface area (Å²) in [5, 5.41) is 2.44. The van der Waals surface area contributed by atoms with Crippen molar-refractivity contribution in [3.63, 3.8) is 0 Å². The van der Waals surface area contributed by atoms with Gasteiger partial charge in [-0.2, -0.15) is 0 Å². The molecule has 2 aromatic carbocycles. The van der Waals surface area contributed by atoms with Gasteiger partial charge in [-0.1, -0.05) is 12.2 Å². The van der Waals surface area contributed by atoms with E-state index in [0.717, 1.165) is 32.9 Å². The number of hydrogen-bond donors (Lipinski definition) is 1. The SMILES string of the molecule is CC1(C)OCC(=S)N[C@](C)(c2cc(-c3nc4cc(F)c(F)cc4o3)c(F)cc2F)C1(F)F. The number of halogens is 6. The van der Waals surface area contributed by atoms with Gasteiger partial charge in [0.2, 0.25) is 5.89 Å². The fourth-order valence-corrected chi connectivity index (χ4v) is 3.97. The molecule has 1 aromatic heterocycles. The monoisotopic (exact) mass is 474 g/mol. The van der Waals surface area contributed by atoms with E-state index in [-0.39, 0.29) is 22.7 Å². The molecule has 1 aliphatic rings. The number of aromatic nitrogens is 1. The van der Waals surface area contributed by atoms with E-state index >= 15 is 8.78 Å². The number of fused-ring (bicyclic) bond motifs is 1. The van der Waals surface area contributed by atoms with Crippen molar-refractivity contribution in [3.8, 4) is 11.5 Å². The van der Waals surface area contributed by atoms with E-state index in [9.17, 15) is 17.6 Å². The molecule has 0 spiro atoms. The molecule has 1 fully saturated rings. The minimum absolute atomic E-state index is 0.101. The van der Waals surface area contributed by atoms with Crippen LogP contribution in [0.3, 0.4) is 0 Å². The van der Waals surface area contributed by atoms with E-state index in [0.29, 0.717) is 12.1 Å². The highest BCUT2D eigenvalue weighted by Gasteiger charge is 2.64. The standard InChI is InChI=1S/C21H16F6N2O2S/c1-19(2)21(26,27)20(3,29-17(32)8-30-19)10-4-9(11(22)5-12(10)23)18-28-15-6-13(24)14(25)7-16(15)31-18/h4-7H,8H2,1-3H3,(H,29,32)/t20-/m1/s1. The maximum atomic E-state index is 15.6. The molecule has 170 valence electrons. The third kappa shape index (κ3) is 3.25. The van der Waals surface area contributed by atoms with Crippen LogP contribution in [0.2, 0.25) is 0 Å². The molecular weight excluding hydrogens is 458 g/mol. The fourth-order valence-electron chi connectivity index (χ4n) is 3.70. The summed E-state index contributed by atoms with van der Waals surface area (Å²) in [6, 6.07) is 2.67. The first-order chi connectivity index (χ1) is 14.8. The largest absolute Gasteiger partial charge is 0.436 e. The van der Waals surface area contributed by atoms with Crippen molar-refractivity contribution in [3.05, 3.63) is 53.1 Å². The highest BCUT2D eigenvalue weighted by atomic mass is 32.1. The van der Waals surface area contributed by atoms with Gasteiger partial charge < -0.3 is 14.5 Å². The molecule has 1 N–H and O–H groups in total. The molecule has 0 aliphatic carbocycles. The molecule has 1 saturated heterocycles. The van der Waals surface area contributed by atoms with E-state index in [4.69, 9.17) is 21.4 Å². The topological polar surface area (TPSA) is 47.3 Å². The van der Waals surface area contributed by atoms with Crippen LogP contribution in [-0.4, -0.2) is 28.1 Å². The van der Waals surface area contributed by atoms with Crippen molar-refractivity contribution in [1.82, 2.24) is 10.3 Å². The fraction of sp³-hybridized carbons (Fsp3) is 0.333. The number of hydrogen-bond acceptors (Lipinski definition) is 4. The second kappa shape index (κ2) is 7.17. The summed E-state index contributed by atoms with van der Waals surface area (Å²) in [5.41, 5.74) is -5.96. The Labute approximate surface area is 183 Å². The zero-order chi connectivity index (χ0) is 23.6. The van der Waals surface area contributed by atoms with Crippen LogP contribution in [0.4, 0.5) is 26.3 Å². The summed E-state index contributed by atoms with van der Waals surface area (Å²) >= 11 is 5.04. The summed E-state index contributed by atoms with van der Waals surface area (Å²) in [4.78, 5) is 3.79. The van der Waals surface area contributed by atoms with Gasteiger partial charge in [0.15, 0.2) is 17.2 Å². The van der Waals surface area contributed by atoms with Crippen molar-refractivity contribution in [2.24, 2.45) is 0 Å². The summed E-state index contributed by atoms with van der Waals surface area (Å²) in [7, 11) is 0. The molecule has 0 radical (unpaired) electrons. The van der Waals surface area contributed by atoms with Gasteiger partial charge in [0, 0.05) is 23.8 Å². The maximum Gasteiger partial charge on any atom is 0.302 e. The number of ether oxygens (including phenoxy) is 1. The molecular formula is C21H16F6N2O2S. The highest BCUT2D eigenvalue weighted by molar-refractivity contribution is 7.80. The third-order valence-electron chi connectivity index (χ3n) is 5.59. The Hall–Kier alpha value is -2.66. The van der Waals surface area contributed by atoms with Gasteiger partial charge in [0.25, 0.3) is 0 Å². The van der Waals surface area contributed by atoms with Crippen molar-refractivity contribution in [1.29, 1.82) is 0 Å². The summed E-state index contributed by atoms with van der Waals surface area (Å²) in [6.45, 7) is 2.96. The van der Waals surface area contributed by atoms with E-state index in [1.54, 1.807) is 0 Å². The quantitative estimate of drug-likeness (QED) is 0.386. The lowest BCUT2D eigenvalue weighted by molar-refractivity contribution is -0.216. The second-order valence-electron chi connectivity index (χ2n) is 8.11. The number of rotatable bonds is 2. The Morgan fingerprint density at radius 1 is 0.938 bits per heavy atom. The Kier molecular flexibility index (Phi) is 5.05. The van der Waals surface area contributed by atoms with Crippen LogP contribution in [-0.2, 0) is 10.3 Å². The summed E-state index contributed by atoms with van der Waals surface area (Å²) < 4.78 is 98.2. The molecule has 1 aliphatic heterocycles. The predicted octanol–water partition coefficient (Wildman–Crippen LogP) is 5.63. The molecule has 4 nitrogen and oxygen atoms in total. The zero-order valence-electron chi connectivity index (χ0n) is 17.0. The van der Waals surface area contributed by atoms with Crippen molar-refractivity contribution in [2.45, 2.75) is 37.8 Å². The number of thiocarbonyl (C=S) groups is 1. The number of oxazole rings is 1. The van der Waals surface area contributed by atoms with E-state index in [2.05, 4.69) is 10.3 Å². The Morgan fingerprint density at radius 3 is 2.28 bits per heavy atom. The summed E-state index contributed by atoms with van der Waals surface area (Å²) in [6.07, 6.45) is 0. The molecule has 0 saturated carbocycles. The van der Waals surface area contributed by atoms with Crippen LogP contribution in [0, 0.1) is 23.3 Å². The summed E-state index contributed by atoms with van der Waals surface area (Å²) in [5.74, 6) is -9.06. The van der Waals surface area contributed by atoms with Gasteiger partial charge in [-0.25, -0.2) is 31.3 Å². The maximum absolute atomic E-state index is 15.6. The van der Waals surface area contributed by atoms with Crippen LogP contribution >= 0.6 is 12.2 Å². The molecule has 4 rings (SSSR count). The average molecular weight is 474 g/mol. The van der Waals surface area contributed by atoms with Crippen LogP contribution in [0.1, 0.15) is 26.3 Å². The first-order valence-corrected chi connectivity index (χ1v) is 9.76. The van der Waals surface area contributed by atoms with Gasteiger partial charge in [0.1, 0.15) is 33.3 Å². The van der Waals surface area contributed by atoms with Gasteiger partial charge >= 0.3 is 5.92 Å². The molecule has 0 bridgehead atoms. The van der Waals surface area contributed by atoms with E-state index < -0.39 is 57.3 Å². The second-order valence-corrected chi connectivity index (χ2v) is 8.60. The predicted molar refractivity (Wildman–Crippen MR) is 107 cm³/mol. The Morgan fingerprint density at radius 2 is 1.59 bits per heavy atom.